The van der Waals surface area contributed by atoms with Gasteiger partial charge in [0.25, 0.3) is 0 Å². The predicted molar refractivity (Wildman–Crippen MR) is 119 cm³/mol. The van der Waals surface area contributed by atoms with Gasteiger partial charge in [-0.1, -0.05) is 64.7 Å². The lowest BCUT2D eigenvalue weighted by Gasteiger charge is -2.44. The molecule has 30 heavy (non-hydrogen) atoms. The Morgan fingerprint density at radius 3 is 1.70 bits per heavy atom. The first-order valence-corrected chi connectivity index (χ1v) is 13.4. The van der Waals surface area contributed by atoms with Crippen LogP contribution >= 0.6 is 0 Å². The predicted octanol–water partition coefficient (Wildman–Crippen LogP) is 8.63. The molecule has 0 spiro atoms. The van der Waals surface area contributed by atoms with Crippen molar-refractivity contribution in [2.24, 2.45) is 41.4 Å². The van der Waals surface area contributed by atoms with Gasteiger partial charge in [0, 0.05) is 0 Å². The van der Waals surface area contributed by atoms with Crippen LogP contribution < -0.4 is 0 Å². The minimum Gasteiger partial charge on any atom is -0.247 e. The fourth-order valence-corrected chi connectivity index (χ4v) is 7.72. The highest BCUT2D eigenvalue weighted by molar-refractivity contribution is 4.95. The number of rotatable bonds is 5. The molecule has 4 aliphatic rings. The quantitative estimate of drug-likeness (QED) is 0.413. The van der Waals surface area contributed by atoms with Crippen molar-refractivity contribution in [3.05, 3.63) is 0 Å². The van der Waals surface area contributed by atoms with E-state index in [2.05, 4.69) is 0 Å². The molecule has 7 unspecified atom stereocenters. The van der Waals surface area contributed by atoms with Crippen LogP contribution in [0.5, 0.6) is 0 Å². The highest BCUT2D eigenvalue weighted by Crippen LogP contribution is 2.48. The molecule has 0 bridgehead atoms. The maximum absolute atomic E-state index is 15.2. The minimum atomic E-state index is -1.22. The zero-order chi connectivity index (χ0) is 21.1. The smallest absolute Gasteiger partial charge is 0.134 e. The highest BCUT2D eigenvalue weighted by atomic mass is 19.2. The van der Waals surface area contributed by atoms with E-state index in [4.69, 9.17) is 0 Å². The van der Waals surface area contributed by atoms with Crippen molar-refractivity contribution >= 4 is 0 Å². The third-order valence-corrected chi connectivity index (χ3v) is 9.90. The van der Waals surface area contributed by atoms with Crippen LogP contribution in [0.25, 0.3) is 0 Å². The maximum Gasteiger partial charge on any atom is 0.134 e. The van der Waals surface area contributed by atoms with E-state index >= 15 is 8.78 Å². The Morgan fingerprint density at radius 2 is 1.10 bits per heavy atom. The third-order valence-electron chi connectivity index (χ3n) is 9.90. The standard InChI is InChI=1S/C27H45F3/c1-18-7-8-20(17-25(18)28)10-9-19-11-13-22(14-12-19)24-16-15-23(26(29)27(24)30)21-5-3-2-4-6-21/h18-27H,2-17H2,1H3. The van der Waals surface area contributed by atoms with Crippen molar-refractivity contribution in [1.29, 1.82) is 0 Å². The van der Waals surface area contributed by atoms with Crippen LogP contribution in [0.2, 0.25) is 0 Å². The van der Waals surface area contributed by atoms with E-state index in [1.54, 1.807) is 0 Å². The normalized spacial score (nSPS) is 46.6. The molecule has 0 aromatic heterocycles. The van der Waals surface area contributed by atoms with Crippen LogP contribution in [0.15, 0.2) is 0 Å². The summed E-state index contributed by atoms with van der Waals surface area (Å²) in [6.07, 6.45) is 14.7. The monoisotopic (exact) mass is 426 g/mol. The van der Waals surface area contributed by atoms with Gasteiger partial charge >= 0.3 is 0 Å². The summed E-state index contributed by atoms with van der Waals surface area (Å²) in [5.41, 5.74) is 0. The van der Waals surface area contributed by atoms with Crippen LogP contribution in [-0.2, 0) is 0 Å². The second-order valence-electron chi connectivity index (χ2n) is 11.7. The molecule has 0 aromatic rings. The Morgan fingerprint density at radius 1 is 0.567 bits per heavy atom. The molecule has 0 N–H and O–H groups in total. The van der Waals surface area contributed by atoms with Crippen LogP contribution in [-0.4, -0.2) is 18.5 Å². The van der Waals surface area contributed by atoms with Crippen LogP contribution in [0.4, 0.5) is 13.2 Å². The maximum atomic E-state index is 15.2. The lowest BCUT2D eigenvalue weighted by atomic mass is 9.64. The molecule has 0 saturated heterocycles. The Bertz CT molecular complexity index is 508. The van der Waals surface area contributed by atoms with Gasteiger partial charge in [-0.25, -0.2) is 13.2 Å². The molecule has 174 valence electrons. The first kappa shape index (κ1) is 23.0. The van der Waals surface area contributed by atoms with Crippen molar-refractivity contribution in [3.8, 4) is 0 Å². The van der Waals surface area contributed by atoms with Gasteiger partial charge in [-0.05, 0) is 86.4 Å². The number of halogens is 3. The molecule has 4 rings (SSSR count). The first-order valence-electron chi connectivity index (χ1n) is 13.4. The molecule has 0 nitrogen and oxygen atoms in total. The largest absolute Gasteiger partial charge is 0.247 e. The van der Waals surface area contributed by atoms with Gasteiger partial charge in [-0.3, -0.25) is 0 Å². The Labute approximate surface area is 183 Å². The molecule has 4 saturated carbocycles. The lowest BCUT2D eigenvalue weighted by molar-refractivity contribution is -0.0349. The Balaban J connectivity index is 1.19. The van der Waals surface area contributed by atoms with Crippen molar-refractivity contribution in [1.82, 2.24) is 0 Å². The summed E-state index contributed by atoms with van der Waals surface area (Å²) in [7, 11) is 0. The van der Waals surface area contributed by atoms with E-state index < -0.39 is 18.5 Å². The zero-order valence-electron chi connectivity index (χ0n) is 19.2. The van der Waals surface area contributed by atoms with E-state index in [1.165, 1.54) is 51.4 Å². The third kappa shape index (κ3) is 5.40. The summed E-state index contributed by atoms with van der Waals surface area (Å²) in [4.78, 5) is 0. The average Bonchev–Trinajstić information content (AvgIpc) is 2.77. The van der Waals surface area contributed by atoms with Crippen molar-refractivity contribution in [2.75, 3.05) is 0 Å². The first-order chi connectivity index (χ1) is 14.5. The summed E-state index contributed by atoms with van der Waals surface area (Å²) in [6, 6.07) is 0. The molecule has 3 heteroatoms. The number of hydrogen-bond acceptors (Lipinski definition) is 0. The van der Waals surface area contributed by atoms with Crippen molar-refractivity contribution in [3.63, 3.8) is 0 Å². The summed E-state index contributed by atoms with van der Waals surface area (Å²) in [5, 5.41) is 0. The van der Waals surface area contributed by atoms with E-state index in [1.807, 2.05) is 6.92 Å². The second-order valence-corrected chi connectivity index (χ2v) is 11.7. The van der Waals surface area contributed by atoms with Gasteiger partial charge in [-0.15, -0.1) is 0 Å². The second kappa shape index (κ2) is 10.6. The van der Waals surface area contributed by atoms with Gasteiger partial charge < -0.3 is 0 Å². The fourth-order valence-electron chi connectivity index (χ4n) is 7.72. The van der Waals surface area contributed by atoms with Crippen LogP contribution in [0.1, 0.15) is 110 Å². The summed E-state index contributed by atoms with van der Waals surface area (Å²) in [6.45, 7) is 2.05. The van der Waals surface area contributed by atoms with E-state index in [9.17, 15) is 4.39 Å². The van der Waals surface area contributed by atoms with Crippen molar-refractivity contribution in [2.45, 2.75) is 128 Å². The molecule has 7 atom stereocenters. The topological polar surface area (TPSA) is 0 Å². The van der Waals surface area contributed by atoms with Gasteiger partial charge in [-0.2, -0.15) is 0 Å². The number of alkyl halides is 3. The van der Waals surface area contributed by atoms with Gasteiger partial charge in [0.2, 0.25) is 0 Å². The molecular formula is C27H45F3. The summed E-state index contributed by atoms with van der Waals surface area (Å²) >= 11 is 0. The van der Waals surface area contributed by atoms with E-state index in [0.29, 0.717) is 17.8 Å². The molecule has 0 radical (unpaired) electrons. The number of hydrogen-bond donors (Lipinski definition) is 0. The Kier molecular flexibility index (Phi) is 8.12. The van der Waals surface area contributed by atoms with Crippen LogP contribution in [0, 0.1) is 41.4 Å². The SMILES string of the molecule is CC1CCC(CCC2CCC(C3CCC(C4CCCCC4)C(F)C3F)CC2)CC1F. The minimum absolute atomic E-state index is 0.00886. The Hall–Kier alpha value is -0.210. The van der Waals surface area contributed by atoms with Gasteiger partial charge in [0.1, 0.15) is 18.5 Å². The van der Waals surface area contributed by atoms with E-state index in [0.717, 1.165) is 57.3 Å². The molecule has 0 heterocycles. The molecule has 0 amide bonds. The molecular weight excluding hydrogens is 381 g/mol. The summed E-state index contributed by atoms with van der Waals surface area (Å²) in [5.74, 6) is 2.35. The average molecular weight is 427 g/mol. The molecule has 4 fully saturated rings. The van der Waals surface area contributed by atoms with E-state index in [-0.39, 0.29) is 17.8 Å². The molecule has 4 aliphatic carbocycles. The van der Waals surface area contributed by atoms with Gasteiger partial charge in [0.05, 0.1) is 0 Å². The molecule has 0 aromatic carbocycles. The summed E-state index contributed by atoms with van der Waals surface area (Å²) < 4.78 is 44.3. The lowest BCUT2D eigenvalue weighted by Crippen LogP contribution is -2.44. The zero-order valence-corrected chi connectivity index (χ0v) is 19.2. The molecule has 0 aliphatic heterocycles. The highest BCUT2D eigenvalue weighted by Gasteiger charge is 2.46. The van der Waals surface area contributed by atoms with Gasteiger partial charge in [0.15, 0.2) is 0 Å². The fraction of sp³-hybridized carbons (Fsp3) is 1.00. The van der Waals surface area contributed by atoms with Crippen LogP contribution in [0.3, 0.4) is 0 Å². The van der Waals surface area contributed by atoms with Crippen molar-refractivity contribution < 1.29 is 13.2 Å².